The van der Waals surface area contributed by atoms with Crippen LogP contribution >= 0.6 is 0 Å². The molecule has 2 rings (SSSR count). The Hall–Kier alpha value is -1.07. The van der Waals surface area contributed by atoms with Crippen LogP contribution in [0.1, 0.15) is 19.3 Å². The van der Waals surface area contributed by atoms with Gasteiger partial charge in [0.25, 0.3) is 0 Å². The van der Waals surface area contributed by atoms with E-state index in [2.05, 4.69) is 5.32 Å². The number of anilines is 1. The van der Waals surface area contributed by atoms with Crippen LogP contribution in [0.15, 0.2) is 29.2 Å². The van der Waals surface area contributed by atoms with Crippen molar-refractivity contribution in [2.45, 2.75) is 29.8 Å². The molecule has 1 aliphatic carbocycles. The molecule has 1 aromatic rings. The summed E-state index contributed by atoms with van der Waals surface area (Å²) in [5.74, 6) is 0. The highest BCUT2D eigenvalue weighted by Gasteiger charge is 2.36. The monoisotopic (exact) mass is 269 g/mol. The highest BCUT2D eigenvalue weighted by atomic mass is 32.2. The summed E-state index contributed by atoms with van der Waals surface area (Å²) in [5, 5.41) is 3.21. The van der Waals surface area contributed by atoms with Gasteiger partial charge in [-0.05, 0) is 31.4 Å². The number of nitrogens with one attached hydrogen (secondary N) is 1. The average Bonchev–Trinajstić information content (AvgIpc) is 2.27. The molecule has 1 N–H and O–H groups in total. The molecule has 1 fully saturated rings. The lowest BCUT2D eigenvalue weighted by Gasteiger charge is -2.40. The van der Waals surface area contributed by atoms with Crippen LogP contribution < -0.4 is 5.32 Å². The van der Waals surface area contributed by atoms with Crippen LogP contribution in [0.4, 0.5) is 5.69 Å². The minimum absolute atomic E-state index is 0.120. The number of rotatable bonds is 5. The Kier molecular flexibility index (Phi) is 3.64. The highest BCUT2D eigenvalue weighted by Crippen LogP contribution is 2.35. The van der Waals surface area contributed by atoms with E-state index in [0.29, 0.717) is 17.1 Å². The fraction of sp³-hybridized carbons (Fsp3) is 0.538. The molecular formula is C13H19NO3S. The summed E-state index contributed by atoms with van der Waals surface area (Å²) in [6.07, 6.45) is 4.45. The number of para-hydroxylation sites is 1. The van der Waals surface area contributed by atoms with E-state index in [1.165, 1.54) is 12.7 Å². The summed E-state index contributed by atoms with van der Waals surface area (Å²) in [6.45, 7) is 0.649. The quantitative estimate of drug-likeness (QED) is 0.889. The largest absolute Gasteiger partial charge is 0.381 e. The molecule has 0 aliphatic heterocycles. The molecule has 0 spiro atoms. The molecule has 1 saturated carbocycles. The van der Waals surface area contributed by atoms with E-state index < -0.39 is 9.84 Å². The Balaban J connectivity index is 2.15. The third kappa shape index (κ3) is 2.67. The van der Waals surface area contributed by atoms with Crippen molar-refractivity contribution >= 4 is 15.5 Å². The standard InChI is InChI=1S/C13H19NO3S/c1-17-13(8-5-9-13)10-14-11-6-3-4-7-12(11)18(2,15)16/h3-4,6-7,14H,5,8-10H2,1-2H3. The second-order valence-electron chi connectivity index (χ2n) is 4.86. The van der Waals surface area contributed by atoms with Crippen LogP contribution in [0.5, 0.6) is 0 Å². The molecule has 18 heavy (non-hydrogen) atoms. The number of benzene rings is 1. The zero-order valence-corrected chi connectivity index (χ0v) is 11.6. The van der Waals surface area contributed by atoms with Gasteiger partial charge in [0.2, 0.25) is 0 Å². The van der Waals surface area contributed by atoms with E-state index in [1.807, 2.05) is 6.07 Å². The van der Waals surface area contributed by atoms with Crippen molar-refractivity contribution in [3.8, 4) is 0 Å². The molecule has 4 nitrogen and oxygen atoms in total. The Bertz CT molecular complexity index is 515. The molecule has 0 aromatic heterocycles. The maximum Gasteiger partial charge on any atom is 0.177 e. The average molecular weight is 269 g/mol. The molecule has 1 aliphatic rings. The number of hydrogen-bond acceptors (Lipinski definition) is 4. The van der Waals surface area contributed by atoms with Gasteiger partial charge in [-0.3, -0.25) is 0 Å². The van der Waals surface area contributed by atoms with Crippen molar-refractivity contribution in [1.82, 2.24) is 0 Å². The first kappa shape index (κ1) is 13.4. The fourth-order valence-corrected chi connectivity index (χ4v) is 3.08. The zero-order valence-electron chi connectivity index (χ0n) is 10.8. The maximum absolute atomic E-state index is 11.7. The van der Waals surface area contributed by atoms with Crippen LogP contribution in [0, 0.1) is 0 Å². The Labute approximate surface area is 108 Å². The van der Waals surface area contributed by atoms with Gasteiger partial charge >= 0.3 is 0 Å². The maximum atomic E-state index is 11.7. The van der Waals surface area contributed by atoms with E-state index in [-0.39, 0.29) is 5.60 Å². The molecule has 0 bridgehead atoms. The molecule has 0 unspecified atom stereocenters. The molecule has 1 aromatic carbocycles. The zero-order chi connectivity index (χ0) is 13.2. The molecule has 5 heteroatoms. The lowest BCUT2D eigenvalue weighted by atomic mass is 9.80. The summed E-state index contributed by atoms with van der Waals surface area (Å²) >= 11 is 0. The molecule has 0 radical (unpaired) electrons. The highest BCUT2D eigenvalue weighted by molar-refractivity contribution is 7.90. The van der Waals surface area contributed by atoms with E-state index in [1.54, 1.807) is 25.3 Å². The van der Waals surface area contributed by atoms with Gasteiger partial charge in [0.15, 0.2) is 9.84 Å². The third-order valence-corrected chi connectivity index (χ3v) is 4.74. The molecule has 0 saturated heterocycles. The lowest BCUT2D eigenvalue weighted by molar-refractivity contribution is -0.0601. The van der Waals surface area contributed by atoms with Gasteiger partial charge in [-0.1, -0.05) is 12.1 Å². The first-order valence-electron chi connectivity index (χ1n) is 6.05. The SMILES string of the molecule is COC1(CNc2ccccc2S(C)(=O)=O)CCC1. The number of methoxy groups -OCH3 is 1. The van der Waals surface area contributed by atoms with E-state index in [9.17, 15) is 8.42 Å². The Morgan fingerprint density at radius 1 is 1.33 bits per heavy atom. The van der Waals surface area contributed by atoms with Gasteiger partial charge in [0, 0.05) is 19.9 Å². The van der Waals surface area contributed by atoms with Crippen molar-refractivity contribution in [3.05, 3.63) is 24.3 Å². The summed E-state index contributed by atoms with van der Waals surface area (Å²) in [5.41, 5.74) is 0.535. The van der Waals surface area contributed by atoms with Gasteiger partial charge in [-0.25, -0.2) is 8.42 Å². The first-order valence-corrected chi connectivity index (χ1v) is 7.94. The number of hydrogen-bond donors (Lipinski definition) is 1. The van der Waals surface area contributed by atoms with Crippen LogP contribution in [0.3, 0.4) is 0 Å². The summed E-state index contributed by atoms with van der Waals surface area (Å²) in [7, 11) is -1.49. The lowest BCUT2D eigenvalue weighted by Crippen LogP contribution is -2.45. The predicted octanol–water partition coefficient (Wildman–Crippen LogP) is 2.07. The van der Waals surface area contributed by atoms with Crippen molar-refractivity contribution in [2.75, 3.05) is 25.2 Å². The second kappa shape index (κ2) is 4.90. The number of ether oxygens (including phenoxy) is 1. The van der Waals surface area contributed by atoms with Gasteiger partial charge in [0.05, 0.1) is 16.2 Å². The Morgan fingerprint density at radius 2 is 2.00 bits per heavy atom. The number of sulfone groups is 1. The topological polar surface area (TPSA) is 55.4 Å². The van der Waals surface area contributed by atoms with Crippen molar-refractivity contribution in [2.24, 2.45) is 0 Å². The Morgan fingerprint density at radius 3 is 2.50 bits per heavy atom. The second-order valence-corrected chi connectivity index (χ2v) is 6.85. The molecular weight excluding hydrogens is 250 g/mol. The van der Waals surface area contributed by atoms with E-state index >= 15 is 0 Å². The van der Waals surface area contributed by atoms with E-state index in [0.717, 1.165) is 12.8 Å². The van der Waals surface area contributed by atoms with Crippen LogP contribution in [0.2, 0.25) is 0 Å². The summed E-state index contributed by atoms with van der Waals surface area (Å²) in [6, 6.07) is 6.98. The van der Waals surface area contributed by atoms with Crippen LogP contribution in [0.25, 0.3) is 0 Å². The molecule has 0 atom stereocenters. The van der Waals surface area contributed by atoms with Crippen LogP contribution in [-0.2, 0) is 14.6 Å². The minimum Gasteiger partial charge on any atom is -0.381 e. The summed E-state index contributed by atoms with van der Waals surface area (Å²) in [4.78, 5) is 0.343. The van der Waals surface area contributed by atoms with Gasteiger partial charge in [-0.15, -0.1) is 0 Å². The van der Waals surface area contributed by atoms with Crippen molar-refractivity contribution < 1.29 is 13.2 Å². The minimum atomic E-state index is -3.20. The van der Waals surface area contributed by atoms with Crippen molar-refractivity contribution in [3.63, 3.8) is 0 Å². The van der Waals surface area contributed by atoms with E-state index in [4.69, 9.17) is 4.74 Å². The fourth-order valence-electron chi connectivity index (χ4n) is 2.22. The van der Waals surface area contributed by atoms with Gasteiger partial charge < -0.3 is 10.1 Å². The van der Waals surface area contributed by atoms with Gasteiger partial charge in [-0.2, -0.15) is 0 Å². The summed E-state index contributed by atoms with van der Waals surface area (Å²) < 4.78 is 28.8. The third-order valence-electron chi connectivity index (χ3n) is 3.59. The smallest absolute Gasteiger partial charge is 0.177 e. The molecule has 0 heterocycles. The normalized spacial score (nSPS) is 18.1. The first-order chi connectivity index (χ1) is 8.47. The predicted molar refractivity (Wildman–Crippen MR) is 71.6 cm³/mol. The van der Waals surface area contributed by atoms with Crippen molar-refractivity contribution in [1.29, 1.82) is 0 Å². The van der Waals surface area contributed by atoms with Crippen LogP contribution in [-0.4, -0.2) is 33.9 Å². The molecule has 0 amide bonds. The van der Waals surface area contributed by atoms with Gasteiger partial charge in [0.1, 0.15) is 0 Å². The molecule has 100 valence electrons.